The number of rotatable bonds is 5. The summed E-state index contributed by atoms with van der Waals surface area (Å²) >= 11 is 1.38. The van der Waals surface area contributed by atoms with Gasteiger partial charge in [-0.25, -0.2) is 4.98 Å². The van der Waals surface area contributed by atoms with E-state index in [2.05, 4.69) is 22.8 Å². The number of aryl methyl sites for hydroxylation is 1. The quantitative estimate of drug-likeness (QED) is 0.664. The van der Waals surface area contributed by atoms with Gasteiger partial charge < -0.3 is 4.74 Å². The topological polar surface area (TPSA) is 80.3 Å². The molecular weight excluding hydrogens is 362 g/mol. The molecule has 2 aromatic carbocycles. The number of amides is 2. The third-order valence-corrected chi connectivity index (χ3v) is 4.86. The largest absolute Gasteiger partial charge is 0.497 e. The van der Waals surface area contributed by atoms with Crippen LogP contribution in [0.4, 0.5) is 0 Å². The summed E-state index contributed by atoms with van der Waals surface area (Å²) in [5.74, 6) is -0.348. The van der Waals surface area contributed by atoms with E-state index in [1.165, 1.54) is 24.0 Å². The van der Waals surface area contributed by atoms with Crippen LogP contribution in [0.3, 0.4) is 0 Å². The molecule has 0 atom stereocenters. The van der Waals surface area contributed by atoms with Crippen molar-refractivity contribution in [2.24, 2.45) is 0 Å². The first kappa shape index (κ1) is 18.6. The molecule has 0 unspecified atom stereocenters. The van der Waals surface area contributed by atoms with E-state index >= 15 is 0 Å². The van der Waals surface area contributed by atoms with Crippen molar-refractivity contribution in [1.82, 2.24) is 15.8 Å². The van der Waals surface area contributed by atoms with Gasteiger partial charge in [-0.05, 0) is 30.2 Å². The van der Waals surface area contributed by atoms with Crippen molar-refractivity contribution < 1.29 is 14.3 Å². The van der Waals surface area contributed by atoms with Crippen molar-refractivity contribution in [2.75, 3.05) is 7.11 Å². The maximum Gasteiger partial charge on any atom is 0.289 e. The first-order valence-corrected chi connectivity index (χ1v) is 9.28. The van der Waals surface area contributed by atoms with E-state index in [0.29, 0.717) is 11.3 Å². The van der Waals surface area contributed by atoms with Crippen LogP contribution in [0.25, 0.3) is 10.6 Å². The summed E-state index contributed by atoms with van der Waals surface area (Å²) in [5, 5.41) is 2.41. The summed E-state index contributed by atoms with van der Waals surface area (Å²) in [6.45, 7) is 2.10. The molecule has 2 N–H and O–H groups in total. The maximum atomic E-state index is 12.2. The number of ether oxygens (including phenoxy) is 1. The standard InChI is InChI=1S/C20H19N3O3S/c1-3-13-7-9-14(10-8-13)20-21-17(12-27-20)19(25)23-22-18(24)15-5-4-6-16(11-15)26-2/h4-12H,3H2,1-2H3,(H,22,24)(H,23,25). The minimum Gasteiger partial charge on any atom is -0.497 e. The van der Waals surface area contributed by atoms with Gasteiger partial charge in [-0.1, -0.05) is 37.3 Å². The van der Waals surface area contributed by atoms with Crippen molar-refractivity contribution in [3.63, 3.8) is 0 Å². The van der Waals surface area contributed by atoms with E-state index in [-0.39, 0.29) is 5.69 Å². The average molecular weight is 381 g/mol. The molecule has 1 heterocycles. The van der Waals surface area contributed by atoms with Crippen molar-refractivity contribution in [2.45, 2.75) is 13.3 Å². The molecule has 27 heavy (non-hydrogen) atoms. The summed E-state index contributed by atoms with van der Waals surface area (Å²) < 4.78 is 5.08. The van der Waals surface area contributed by atoms with Crippen LogP contribution < -0.4 is 15.6 Å². The smallest absolute Gasteiger partial charge is 0.289 e. The Balaban J connectivity index is 1.62. The number of hydrogen-bond acceptors (Lipinski definition) is 5. The molecule has 2 amide bonds. The SMILES string of the molecule is CCc1ccc(-c2nc(C(=O)NNC(=O)c3cccc(OC)c3)cs2)cc1. The lowest BCUT2D eigenvalue weighted by Gasteiger charge is -2.07. The number of carbonyl (C=O) groups is 2. The van der Waals surface area contributed by atoms with Crippen LogP contribution in [0.2, 0.25) is 0 Å². The highest BCUT2D eigenvalue weighted by Crippen LogP contribution is 2.24. The number of carbonyl (C=O) groups excluding carboxylic acids is 2. The molecule has 0 bridgehead atoms. The van der Waals surface area contributed by atoms with Crippen LogP contribution in [0.15, 0.2) is 53.9 Å². The Bertz CT molecular complexity index is 951. The summed E-state index contributed by atoms with van der Waals surface area (Å²) in [6.07, 6.45) is 0.971. The number of nitrogens with zero attached hydrogens (tertiary/aromatic N) is 1. The van der Waals surface area contributed by atoms with Gasteiger partial charge in [0, 0.05) is 16.5 Å². The number of methoxy groups -OCH3 is 1. The summed E-state index contributed by atoms with van der Waals surface area (Å²) in [7, 11) is 1.52. The van der Waals surface area contributed by atoms with Crippen molar-refractivity contribution in [3.05, 3.63) is 70.7 Å². The van der Waals surface area contributed by atoms with Crippen molar-refractivity contribution in [3.8, 4) is 16.3 Å². The normalized spacial score (nSPS) is 10.3. The van der Waals surface area contributed by atoms with Gasteiger partial charge in [-0.15, -0.1) is 11.3 Å². The molecular formula is C20H19N3O3S. The van der Waals surface area contributed by atoms with E-state index in [0.717, 1.165) is 17.0 Å². The summed E-state index contributed by atoms with van der Waals surface area (Å²) in [6, 6.07) is 14.7. The maximum absolute atomic E-state index is 12.2. The molecule has 6 nitrogen and oxygen atoms in total. The molecule has 0 fully saturated rings. The van der Waals surface area contributed by atoms with Gasteiger partial charge in [0.15, 0.2) is 0 Å². The third kappa shape index (κ3) is 4.51. The lowest BCUT2D eigenvalue weighted by atomic mass is 10.1. The molecule has 0 aliphatic rings. The second-order valence-electron chi connectivity index (χ2n) is 5.73. The third-order valence-electron chi connectivity index (χ3n) is 3.97. The second-order valence-corrected chi connectivity index (χ2v) is 6.59. The van der Waals surface area contributed by atoms with Crippen LogP contribution >= 0.6 is 11.3 Å². The minimum absolute atomic E-state index is 0.250. The fraction of sp³-hybridized carbons (Fsp3) is 0.150. The molecule has 3 aromatic rings. The number of hydrazine groups is 1. The zero-order valence-electron chi connectivity index (χ0n) is 15.0. The Morgan fingerprint density at radius 2 is 1.81 bits per heavy atom. The van der Waals surface area contributed by atoms with Crippen LogP contribution in [0, 0.1) is 0 Å². The van der Waals surface area contributed by atoms with Crippen LogP contribution in [-0.4, -0.2) is 23.9 Å². The molecule has 0 saturated carbocycles. The lowest BCUT2D eigenvalue weighted by Crippen LogP contribution is -2.41. The van der Waals surface area contributed by atoms with E-state index < -0.39 is 11.8 Å². The fourth-order valence-electron chi connectivity index (χ4n) is 2.41. The summed E-state index contributed by atoms with van der Waals surface area (Å²) in [4.78, 5) is 28.7. The predicted octanol–water partition coefficient (Wildman–Crippen LogP) is 3.46. The molecule has 1 aromatic heterocycles. The molecule has 7 heteroatoms. The van der Waals surface area contributed by atoms with E-state index in [4.69, 9.17) is 4.74 Å². The Morgan fingerprint density at radius 3 is 2.52 bits per heavy atom. The van der Waals surface area contributed by atoms with Crippen molar-refractivity contribution in [1.29, 1.82) is 0 Å². The molecule has 0 spiro atoms. The number of benzene rings is 2. The highest BCUT2D eigenvalue weighted by Gasteiger charge is 2.13. The summed E-state index contributed by atoms with van der Waals surface area (Å²) in [5.41, 5.74) is 7.59. The van der Waals surface area contributed by atoms with Gasteiger partial charge in [-0.2, -0.15) is 0 Å². The molecule has 0 saturated heterocycles. The first-order chi connectivity index (χ1) is 13.1. The van der Waals surface area contributed by atoms with Gasteiger partial charge in [0.2, 0.25) is 0 Å². The molecule has 138 valence electrons. The number of hydrogen-bond donors (Lipinski definition) is 2. The number of aromatic nitrogens is 1. The monoisotopic (exact) mass is 381 g/mol. The average Bonchev–Trinajstić information content (AvgIpc) is 3.22. The van der Waals surface area contributed by atoms with Gasteiger partial charge in [0.05, 0.1) is 7.11 Å². The van der Waals surface area contributed by atoms with E-state index in [1.807, 2.05) is 24.3 Å². The van der Waals surface area contributed by atoms with Gasteiger partial charge >= 0.3 is 0 Å². The van der Waals surface area contributed by atoms with E-state index in [1.54, 1.807) is 29.6 Å². The lowest BCUT2D eigenvalue weighted by molar-refractivity contribution is 0.0844. The molecule has 0 aliphatic heterocycles. The zero-order chi connectivity index (χ0) is 19.2. The Kier molecular flexibility index (Phi) is 5.83. The van der Waals surface area contributed by atoms with Gasteiger partial charge in [-0.3, -0.25) is 20.4 Å². The molecule has 3 rings (SSSR count). The Hall–Kier alpha value is -3.19. The molecule has 0 radical (unpaired) electrons. The second kappa shape index (κ2) is 8.46. The van der Waals surface area contributed by atoms with Crippen LogP contribution in [-0.2, 0) is 6.42 Å². The van der Waals surface area contributed by atoms with Gasteiger partial charge in [0.1, 0.15) is 16.5 Å². The van der Waals surface area contributed by atoms with Crippen LogP contribution in [0.1, 0.15) is 33.3 Å². The zero-order valence-corrected chi connectivity index (χ0v) is 15.8. The van der Waals surface area contributed by atoms with E-state index in [9.17, 15) is 9.59 Å². The number of nitrogens with one attached hydrogen (secondary N) is 2. The molecule has 0 aliphatic carbocycles. The predicted molar refractivity (Wildman–Crippen MR) is 105 cm³/mol. The highest BCUT2D eigenvalue weighted by atomic mass is 32.1. The minimum atomic E-state index is -0.473. The Labute approximate surface area is 161 Å². The fourth-order valence-corrected chi connectivity index (χ4v) is 3.21. The highest BCUT2D eigenvalue weighted by molar-refractivity contribution is 7.13. The first-order valence-electron chi connectivity index (χ1n) is 8.40. The van der Waals surface area contributed by atoms with Crippen molar-refractivity contribution >= 4 is 23.2 Å². The number of thiazole rings is 1. The van der Waals surface area contributed by atoms with Gasteiger partial charge in [0.25, 0.3) is 11.8 Å². The van der Waals surface area contributed by atoms with Crippen LogP contribution in [0.5, 0.6) is 5.75 Å². The Morgan fingerprint density at radius 1 is 1.07 bits per heavy atom.